The molecule has 1 heterocycles. The molecule has 2 aromatic rings. The van der Waals surface area contributed by atoms with E-state index in [0.717, 1.165) is 24.3 Å². The number of amides is 1. The van der Waals surface area contributed by atoms with Gasteiger partial charge in [0.25, 0.3) is 0 Å². The Labute approximate surface area is 156 Å². The zero-order valence-electron chi connectivity index (χ0n) is 15.2. The first-order valence-corrected chi connectivity index (χ1v) is 9.19. The molecule has 27 heavy (non-hydrogen) atoms. The van der Waals surface area contributed by atoms with Crippen molar-refractivity contribution in [1.29, 1.82) is 0 Å². The number of halogens is 3. The molecule has 3 rings (SSSR count). The molecule has 0 aliphatic carbocycles. The number of rotatable bonds is 7. The van der Waals surface area contributed by atoms with Crippen molar-refractivity contribution in [3.63, 3.8) is 0 Å². The summed E-state index contributed by atoms with van der Waals surface area (Å²) in [5.74, 6) is 0.182. The van der Waals surface area contributed by atoms with Gasteiger partial charge in [0.15, 0.2) is 6.04 Å². The number of hydrazine groups is 1. The molecule has 1 N–H and O–H groups in total. The topological polar surface area (TPSA) is 41.6 Å². The molecular formula is C20H23F3N2O2. The van der Waals surface area contributed by atoms with Crippen LogP contribution in [0.5, 0.6) is 5.75 Å². The summed E-state index contributed by atoms with van der Waals surface area (Å²) in [4.78, 5) is 11.5. The lowest BCUT2D eigenvalue weighted by molar-refractivity contribution is -0.190. The highest BCUT2D eigenvalue weighted by molar-refractivity contribution is 5.91. The molecule has 0 bridgehead atoms. The lowest BCUT2D eigenvalue weighted by atomic mass is 9.97. The third-order valence-electron chi connectivity index (χ3n) is 4.69. The Kier molecular flexibility index (Phi) is 5.89. The summed E-state index contributed by atoms with van der Waals surface area (Å²) >= 11 is 0. The van der Waals surface area contributed by atoms with Crippen LogP contribution in [0, 0.1) is 0 Å². The van der Waals surface area contributed by atoms with Crippen molar-refractivity contribution >= 4 is 16.7 Å². The second-order valence-corrected chi connectivity index (χ2v) is 6.68. The van der Waals surface area contributed by atoms with Crippen LogP contribution in [-0.2, 0) is 4.79 Å². The molecule has 1 fully saturated rings. The highest BCUT2D eigenvalue weighted by atomic mass is 19.4. The Morgan fingerprint density at radius 1 is 1.15 bits per heavy atom. The van der Waals surface area contributed by atoms with Gasteiger partial charge in [0.05, 0.1) is 6.61 Å². The van der Waals surface area contributed by atoms with Crippen molar-refractivity contribution in [2.24, 2.45) is 0 Å². The number of benzene rings is 2. The number of carbonyl (C=O) groups excluding carboxylic acids is 1. The fraction of sp³-hybridized carbons (Fsp3) is 0.450. The maximum atomic E-state index is 13.9. The van der Waals surface area contributed by atoms with E-state index in [9.17, 15) is 18.0 Å². The minimum Gasteiger partial charge on any atom is -0.493 e. The molecule has 2 aromatic carbocycles. The van der Waals surface area contributed by atoms with Crippen molar-refractivity contribution < 1.29 is 22.7 Å². The largest absolute Gasteiger partial charge is 0.493 e. The van der Waals surface area contributed by atoms with Crippen LogP contribution in [0.2, 0.25) is 0 Å². The molecule has 1 aliphatic rings. The minimum absolute atomic E-state index is 0.0204. The summed E-state index contributed by atoms with van der Waals surface area (Å²) in [5.41, 5.74) is 2.44. The Bertz CT molecular complexity index is 807. The van der Waals surface area contributed by atoms with Crippen molar-refractivity contribution in [3.05, 3.63) is 42.0 Å². The number of unbranched alkanes of at least 4 members (excludes halogenated alkanes) is 2. The number of alkyl halides is 3. The number of ether oxygens (including phenoxy) is 1. The fourth-order valence-electron chi connectivity index (χ4n) is 3.40. The molecule has 1 atom stereocenters. The van der Waals surface area contributed by atoms with Gasteiger partial charge in [-0.1, -0.05) is 50.1 Å². The Morgan fingerprint density at radius 2 is 1.89 bits per heavy atom. The van der Waals surface area contributed by atoms with Gasteiger partial charge in [0.1, 0.15) is 5.75 Å². The van der Waals surface area contributed by atoms with Crippen LogP contribution >= 0.6 is 0 Å². The second kappa shape index (κ2) is 8.17. The van der Waals surface area contributed by atoms with Crippen LogP contribution in [-0.4, -0.2) is 30.2 Å². The summed E-state index contributed by atoms with van der Waals surface area (Å²) < 4.78 is 47.4. The van der Waals surface area contributed by atoms with E-state index in [-0.39, 0.29) is 18.5 Å². The first-order valence-electron chi connectivity index (χ1n) is 9.19. The van der Waals surface area contributed by atoms with Gasteiger partial charge in [-0.25, -0.2) is 5.01 Å². The van der Waals surface area contributed by atoms with E-state index >= 15 is 0 Å². The number of fused-ring (bicyclic) bond motifs is 1. The Morgan fingerprint density at radius 3 is 2.52 bits per heavy atom. The van der Waals surface area contributed by atoms with E-state index in [2.05, 4.69) is 12.3 Å². The standard InChI is InChI=1S/C20H23F3N2O2/c1-2-3-6-13-27-17-10-9-16(14-7-4-5-8-15(14)17)19(20(21,22)23)25-12-11-18(26)24-25/h4-5,7-10,19H,2-3,6,11-13H2,1H3,(H,24,26). The zero-order valence-corrected chi connectivity index (χ0v) is 15.2. The molecule has 146 valence electrons. The van der Waals surface area contributed by atoms with Crippen LogP contribution in [0.3, 0.4) is 0 Å². The van der Waals surface area contributed by atoms with E-state index in [0.29, 0.717) is 23.1 Å². The van der Waals surface area contributed by atoms with Crippen molar-refractivity contribution in [2.45, 2.75) is 44.8 Å². The van der Waals surface area contributed by atoms with E-state index in [1.165, 1.54) is 6.07 Å². The van der Waals surface area contributed by atoms with Gasteiger partial charge in [-0.05, 0) is 23.4 Å². The highest BCUT2D eigenvalue weighted by Crippen LogP contribution is 2.42. The molecule has 4 nitrogen and oxygen atoms in total. The van der Waals surface area contributed by atoms with Crippen molar-refractivity contribution in [3.8, 4) is 5.75 Å². The van der Waals surface area contributed by atoms with Crippen LogP contribution in [0.1, 0.15) is 44.2 Å². The van der Waals surface area contributed by atoms with Crippen molar-refractivity contribution in [2.75, 3.05) is 13.2 Å². The maximum Gasteiger partial charge on any atom is 0.409 e. The predicted molar refractivity (Wildman–Crippen MR) is 97.2 cm³/mol. The van der Waals surface area contributed by atoms with Gasteiger partial charge in [-0.2, -0.15) is 13.2 Å². The number of nitrogens with zero attached hydrogens (tertiary/aromatic N) is 1. The first kappa shape index (κ1) is 19.5. The Hall–Kier alpha value is -2.28. The SMILES string of the molecule is CCCCCOc1ccc(C(N2CCC(=O)N2)C(F)(F)F)c2ccccc12. The minimum atomic E-state index is -4.52. The summed E-state index contributed by atoms with van der Waals surface area (Å²) in [6.07, 6.45) is -1.46. The van der Waals surface area contributed by atoms with Gasteiger partial charge in [-0.15, -0.1) is 0 Å². The van der Waals surface area contributed by atoms with Crippen LogP contribution < -0.4 is 10.2 Å². The lowest BCUT2D eigenvalue weighted by Gasteiger charge is -2.30. The van der Waals surface area contributed by atoms with Gasteiger partial charge in [0, 0.05) is 18.4 Å². The molecule has 0 spiro atoms. The number of hydrogen-bond acceptors (Lipinski definition) is 3. The van der Waals surface area contributed by atoms with Gasteiger partial charge in [-0.3, -0.25) is 10.2 Å². The normalized spacial score (nSPS) is 16.5. The summed E-state index contributed by atoms with van der Waals surface area (Å²) in [7, 11) is 0. The zero-order chi connectivity index (χ0) is 19.4. The third-order valence-corrected chi connectivity index (χ3v) is 4.69. The van der Waals surface area contributed by atoms with E-state index < -0.39 is 18.1 Å². The van der Waals surface area contributed by atoms with Gasteiger partial charge in [0.2, 0.25) is 5.91 Å². The van der Waals surface area contributed by atoms with Crippen molar-refractivity contribution in [1.82, 2.24) is 10.4 Å². The molecule has 1 unspecified atom stereocenters. The molecule has 0 radical (unpaired) electrons. The second-order valence-electron chi connectivity index (χ2n) is 6.68. The van der Waals surface area contributed by atoms with Gasteiger partial charge < -0.3 is 4.74 Å². The average molecular weight is 380 g/mol. The third kappa shape index (κ3) is 4.35. The molecule has 1 saturated heterocycles. The van der Waals surface area contributed by atoms with Gasteiger partial charge >= 0.3 is 6.18 Å². The summed E-state index contributed by atoms with van der Waals surface area (Å²) in [6.45, 7) is 2.65. The number of carbonyl (C=O) groups is 1. The van der Waals surface area contributed by atoms with Crippen LogP contribution in [0.25, 0.3) is 10.8 Å². The maximum absolute atomic E-state index is 13.9. The molecule has 1 amide bonds. The van der Waals surface area contributed by atoms with E-state index in [1.54, 1.807) is 30.3 Å². The molecule has 0 aromatic heterocycles. The van der Waals surface area contributed by atoms with Crippen LogP contribution in [0.4, 0.5) is 13.2 Å². The fourth-order valence-corrected chi connectivity index (χ4v) is 3.40. The summed E-state index contributed by atoms with van der Waals surface area (Å²) in [5, 5.41) is 2.10. The predicted octanol–water partition coefficient (Wildman–Crippen LogP) is 4.75. The molecule has 0 saturated carbocycles. The first-order chi connectivity index (χ1) is 12.9. The lowest BCUT2D eigenvalue weighted by Crippen LogP contribution is -2.43. The average Bonchev–Trinajstić information content (AvgIpc) is 3.04. The summed E-state index contributed by atoms with van der Waals surface area (Å²) in [6, 6.07) is 8.08. The Balaban J connectivity index is 1.99. The monoisotopic (exact) mass is 380 g/mol. The van der Waals surface area contributed by atoms with Crippen LogP contribution in [0.15, 0.2) is 36.4 Å². The van der Waals surface area contributed by atoms with E-state index in [4.69, 9.17) is 4.74 Å². The quantitative estimate of drug-likeness (QED) is 0.705. The number of nitrogens with one attached hydrogen (secondary N) is 1. The molecule has 7 heteroatoms. The highest BCUT2D eigenvalue weighted by Gasteiger charge is 2.47. The molecular weight excluding hydrogens is 357 g/mol. The smallest absolute Gasteiger partial charge is 0.409 e. The van der Waals surface area contributed by atoms with E-state index in [1.807, 2.05) is 0 Å². The molecule has 1 aliphatic heterocycles. The number of hydrogen-bond donors (Lipinski definition) is 1.